The van der Waals surface area contributed by atoms with Crippen molar-refractivity contribution in [2.45, 2.75) is 200 Å². The van der Waals surface area contributed by atoms with Crippen molar-refractivity contribution in [3.05, 3.63) is 78.4 Å². The Morgan fingerprint density at radius 1 is 0.707 bits per heavy atom. The maximum absolute atomic E-state index is 14.9. The molecule has 2 aromatic rings. The van der Waals surface area contributed by atoms with E-state index in [0.29, 0.717) is 42.1 Å². The number of nitrogens with zero attached hydrogens (tertiary/aromatic N) is 4. The van der Waals surface area contributed by atoms with E-state index >= 15 is 0 Å². The number of carbonyl (C=O) groups is 13. The molecule has 11 atom stereocenters. The third kappa shape index (κ3) is 25.1. The summed E-state index contributed by atoms with van der Waals surface area (Å²) in [4.78, 5) is 182. The summed E-state index contributed by atoms with van der Waals surface area (Å²) in [7, 11) is 5.98. The maximum Gasteiger partial charge on any atom is 0.410 e. The number of ether oxygens (including phenoxy) is 4. The molecular weight excluding hydrogens is 1280 g/mol. The molecule has 0 aromatic heterocycles. The minimum atomic E-state index is -1.18. The number of nitrogens with one attached hydrogen (secondary N) is 6. The molecule has 12 amide bonds. The lowest BCUT2D eigenvalue weighted by molar-refractivity contribution is -0.197. The monoisotopic (exact) mass is 1390 g/mol. The van der Waals surface area contributed by atoms with Gasteiger partial charge in [0.2, 0.25) is 41.4 Å². The summed E-state index contributed by atoms with van der Waals surface area (Å²) in [5.41, 5.74) is 6.83. The molecule has 2 aliphatic rings. The molecule has 0 saturated carbocycles. The number of urea groups is 1. The van der Waals surface area contributed by atoms with E-state index in [4.69, 9.17) is 29.5 Å². The quantitative estimate of drug-likeness (QED) is 0.0208. The largest absolute Gasteiger partial charge is 0.460 e. The first-order chi connectivity index (χ1) is 46.9. The molecule has 0 bridgehead atoms. The molecule has 2 fully saturated rings. The first-order valence-corrected chi connectivity index (χ1v) is 33.9. The number of anilines is 1. The number of esters is 1. The Kier molecular flexibility index (Phi) is 34.0. The third-order valence-corrected chi connectivity index (χ3v) is 17.8. The molecule has 0 spiro atoms. The van der Waals surface area contributed by atoms with Gasteiger partial charge in [0.25, 0.3) is 11.8 Å². The predicted octanol–water partition coefficient (Wildman–Crippen LogP) is 4.59. The fourth-order valence-electron chi connectivity index (χ4n) is 12.1. The lowest BCUT2D eigenvalue weighted by atomic mass is 9.89. The van der Waals surface area contributed by atoms with Gasteiger partial charge in [0, 0.05) is 79.2 Å². The fraction of sp³-hybridized carbons (Fsp3) is 0.614. The third-order valence-electron chi connectivity index (χ3n) is 17.8. The number of hydrogen-bond donors (Lipinski definition) is 7. The smallest absolute Gasteiger partial charge is 0.410 e. The number of amides is 12. The Labute approximate surface area is 580 Å². The number of imide groups is 1. The van der Waals surface area contributed by atoms with Gasteiger partial charge in [0.15, 0.2) is 0 Å². The van der Waals surface area contributed by atoms with Crippen LogP contribution in [0.2, 0.25) is 0 Å². The molecule has 548 valence electrons. The zero-order chi connectivity index (χ0) is 73.8. The van der Waals surface area contributed by atoms with E-state index in [1.54, 1.807) is 84.7 Å². The minimum Gasteiger partial charge on any atom is -0.460 e. The Morgan fingerprint density at radius 3 is 1.92 bits per heavy atom. The molecule has 0 unspecified atom stereocenters. The van der Waals surface area contributed by atoms with Crippen LogP contribution in [-0.4, -0.2) is 200 Å². The van der Waals surface area contributed by atoms with E-state index in [-0.39, 0.29) is 89.4 Å². The van der Waals surface area contributed by atoms with Crippen molar-refractivity contribution < 1.29 is 86.1 Å². The van der Waals surface area contributed by atoms with Crippen molar-refractivity contribution in [3.8, 4) is 0 Å². The van der Waals surface area contributed by atoms with Gasteiger partial charge in [-0.15, -0.1) is 5.06 Å². The van der Waals surface area contributed by atoms with E-state index in [9.17, 15) is 62.3 Å². The lowest BCUT2D eigenvalue weighted by Crippen LogP contribution is -2.60. The van der Waals surface area contributed by atoms with Crippen molar-refractivity contribution in [2.75, 3.05) is 53.3 Å². The molecule has 99 heavy (non-hydrogen) atoms. The molecule has 0 aliphatic carbocycles. The van der Waals surface area contributed by atoms with Crippen LogP contribution >= 0.6 is 0 Å². The molecule has 2 heterocycles. The van der Waals surface area contributed by atoms with Crippen LogP contribution in [0, 0.1) is 29.6 Å². The molecule has 0 radical (unpaired) electrons. The molecule has 29 nitrogen and oxygen atoms in total. The number of hydroxylamine groups is 2. The summed E-state index contributed by atoms with van der Waals surface area (Å²) in [5.74, 6) is -8.93. The Hall–Kier alpha value is -8.99. The van der Waals surface area contributed by atoms with E-state index < -0.39 is 149 Å². The highest BCUT2D eigenvalue weighted by Crippen LogP contribution is 2.30. The van der Waals surface area contributed by atoms with Crippen molar-refractivity contribution in [2.24, 2.45) is 35.3 Å². The van der Waals surface area contributed by atoms with Crippen molar-refractivity contribution in [1.29, 1.82) is 0 Å². The van der Waals surface area contributed by atoms with Gasteiger partial charge >= 0.3 is 24.1 Å². The Bertz CT molecular complexity index is 3080. The molecule has 29 heteroatoms. The Morgan fingerprint density at radius 2 is 1.34 bits per heavy atom. The summed E-state index contributed by atoms with van der Waals surface area (Å²) in [5, 5.41) is 16.7. The second kappa shape index (κ2) is 40.8. The van der Waals surface area contributed by atoms with Crippen LogP contribution in [0.1, 0.15) is 144 Å². The number of carbonyl (C=O) groups excluding carboxylic acids is 13. The zero-order valence-corrected chi connectivity index (χ0v) is 59.6. The second-order valence-corrected chi connectivity index (χ2v) is 26.2. The van der Waals surface area contributed by atoms with Crippen LogP contribution in [0.5, 0.6) is 0 Å². The minimum absolute atomic E-state index is 0.0259. The van der Waals surface area contributed by atoms with Crippen LogP contribution in [-0.2, 0) is 89.6 Å². The standard InChI is InChI=1S/C70H105N11O18/c1-15-37-97-68(92)50(38-46-23-18-17-19-24-46)75-63(87)45(10)62(96-14)51-26-22-36-80(51)56(85)39-52(95-13)61(44(9)16-2)78(11)67(91)59(42(5)6)77-66(90)60(43(7)8)79(12)70(94)98-40-47-29-31-48(32-30-47)73-64(88)49(25-21-35-72-69(71)93)74-65(89)58(41(3)4)76-53(82)27-20-28-57(86)99-81-54(83)33-34-55(81)84/h15,17-19,23-24,29-32,41-45,49-52,58-62H,1,16,20-22,25-28,33-40H2,2-14H3,(H,73,88)(H,74,89)(H,75,87)(H,76,82)(H,77,90)(H3,71,72,93)/t44-,45+,49-,50-,51-,52+,58-,59-,60-,61-,62+/m0/s1. The van der Waals surface area contributed by atoms with Gasteiger partial charge in [-0.1, -0.05) is 124 Å². The van der Waals surface area contributed by atoms with Gasteiger partial charge in [-0.2, -0.15) is 0 Å². The Balaban J connectivity index is 1.39. The van der Waals surface area contributed by atoms with Gasteiger partial charge in [0.1, 0.15) is 43.4 Å². The van der Waals surface area contributed by atoms with E-state index in [1.165, 1.54) is 32.2 Å². The number of rotatable bonds is 40. The predicted molar refractivity (Wildman–Crippen MR) is 364 cm³/mol. The fourth-order valence-corrected chi connectivity index (χ4v) is 12.1. The molecule has 2 saturated heterocycles. The summed E-state index contributed by atoms with van der Waals surface area (Å²) in [6.07, 6.45) is 0.376. The van der Waals surface area contributed by atoms with Gasteiger partial charge in [-0.05, 0) is 79.0 Å². The van der Waals surface area contributed by atoms with Crippen molar-refractivity contribution >= 4 is 82.9 Å². The number of likely N-dealkylation sites (N-methyl/N-ethyl adjacent to an activating group) is 2. The van der Waals surface area contributed by atoms with E-state index in [1.807, 2.05) is 44.2 Å². The van der Waals surface area contributed by atoms with Crippen molar-refractivity contribution in [1.82, 2.24) is 46.3 Å². The number of hydrogen-bond acceptors (Lipinski definition) is 18. The molecule has 2 aliphatic heterocycles. The van der Waals surface area contributed by atoms with Crippen molar-refractivity contribution in [3.63, 3.8) is 0 Å². The normalized spacial score (nSPS) is 16.7. The van der Waals surface area contributed by atoms with Crippen LogP contribution in [0.3, 0.4) is 0 Å². The number of primary amides is 1. The summed E-state index contributed by atoms with van der Waals surface area (Å²) >= 11 is 0. The van der Waals surface area contributed by atoms with E-state index in [0.717, 1.165) is 10.5 Å². The van der Waals surface area contributed by atoms with Crippen LogP contribution in [0.4, 0.5) is 15.3 Å². The van der Waals surface area contributed by atoms with Gasteiger partial charge in [-0.25, -0.2) is 19.2 Å². The average molecular weight is 1390 g/mol. The molecule has 4 rings (SSSR count). The van der Waals surface area contributed by atoms with Gasteiger partial charge < -0.3 is 71.2 Å². The first kappa shape index (κ1) is 82.4. The van der Waals surface area contributed by atoms with E-state index in [2.05, 4.69) is 38.5 Å². The average Bonchev–Trinajstić information content (AvgIpc) is 1.79. The highest BCUT2D eigenvalue weighted by atomic mass is 16.7. The van der Waals surface area contributed by atoms with Crippen LogP contribution < -0.4 is 37.6 Å². The number of likely N-dealkylation sites (tertiary alicyclic amines) is 1. The summed E-state index contributed by atoms with van der Waals surface area (Å²) in [6, 6.07) is 7.99. The van der Waals surface area contributed by atoms with Gasteiger partial charge in [-0.3, -0.25) is 48.1 Å². The first-order valence-electron chi connectivity index (χ1n) is 33.9. The van der Waals surface area contributed by atoms with Crippen LogP contribution in [0.15, 0.2) is 67.3 Å². The lowest BCUT2D eigenvalue weighted by Gasteiger charge is -2.41. The summed E-state index contributed by atoms with van der Waals surface area (Å²) in [6.45, 7) is 19.8. The maximum atomic E-state index is 14.9. The topological polar surface area (TPSA) is 379 Å². The summed E-state index contributed by atoms with van der Waals surface area (Å²) < 4.78 is 23.1. The number of methoxy groups -OCH3 is 2. The SMILES string of the molecule is C=CCOC(=O)[C@H](Cc1ccccc1)NC(=O)[C@H](C)[C@@H](OC)[C@@H]1CCCN1C(=O)C[C@@H](OC)[C@H]([C@@H](C)CC)N(C)C(=O)[C@@H](NC(=O)[C@H](C(C)C)N(C)C(=O)OCc1ccc(NC(=O)[C@H](CCCNC(N)=O)NC(=O)[C@@H](NC(=O)CCCC(=O)ON2C(=O)CCC2=O)C(C)C)cc1)C(C)C. The van der Waals surface area contributed by atoms with Crippen LogP contribution in [0.25, 0.3) is 0 Å². The number of benzene rings is 2. The molecule has 2 aromatic carbocycles. The van der Waals surface area contributed by atoms with Gasteiger partial charge in [0.05, 0.1) is 36.6 Å². The molecular formula is C70H105N11O18. The zero-order valence-electron chi connectivity index (χ0n) is 59.6. The molecule has 8 N–H and O–H groups in total. The number of nitrogens with two attached hydrogens (primary N) is 1. The highest BCUT2D eigenvalue weighted by molar-refractivity contribution is 6.02. The second-order valence-electron chi connectivity index (χ2n) is 26.2. The highest BCUT2D eigenvalue weighted by Gasteiger charge is 2.44.